The molecule has 0 unspecified atom stereocenters. The molecule has 5 heterocycles. The summed E-state index contributed by atoms with van der Waals surface area (Å²) in [6, 6.07) is 72.8. The summed E-state index contributed by atoms with van der Waals surface area (Å²) >= 11 is 0. The van der Waals surface area contributed by atoms with Crippen LogP contribution in [0.4, 0.5) is 34.1 Å². The van der Waals surface area contributed by atoms with Gasteiger partial charge in [0.25, 0.3) is 0 Å². The second-order valence-electron chi connectivity index (χ2n) is 18.9. The zero-order valence-corrected chi connectivity index (χ0v) is 36.8. The molecular formula is C60H42BN3O2. The third-order valence-corrected chi connectivity index (χ3v) is 14.1. The monoisotopic (exact) mass is 847 g/mol. The molecule has 3 aromatic heterocycles. The normalized spacial score (nSPS) is 13.0. The third kappa shape index (κ3) is 5.24. The summed E-state index contributed by atoms with van der Waals surface area (Å²) in [7, 11) is 0. The Labute approximate surface area is 382 Å². The first-order valence-electron chi connectivity index (χ1n) is 22.9. The number of furan rings is 2. The van der Waals surface area contributed by atoms with Gasteiger partial charge in [0.15, 0.2) is 5.58 Å². The number of hydrogen-bond acceptors (Lipinski definition) is 4. The molecule has 0 amide bonds. The maximum Gasteiger partial charge on any atom is 0.333 e. The topological polar surface area (TPSA) is 37.7 Å². The number of para-hydroxylation sites is 5. The van der Waals surface area contributed by atoms with Crippen LogP contribution in [0.25, 0.3) is 77.2 Å². The van der Waals surface area contributed by atoms with Crippen molar-refractivity contribution in [3.05, 3.63) is 206 Å². The summed E-state index contributed by atoms with van der Waals surface area (Å²) in [6.07, 6.45) is 0. The highest BCUT2D eigenvalue weighted by atomic mass is 16.3. The number of benzene rings is 9. The molecule has 2 aliphatic rings. The van der Waals surface area contributed by atoms with Crippen LogP contribution in [0.2, 0.25) is 0 Å². The SMILES string of the molecule is CC(C)(C)c1ccc(N2c3cc4oc5ccccc5c4cc3B3c4c(cc(N(c5ccccc5)c5ccccc5)cc42)-c2cccc4c5oc6ccccc6c5n3c24)c(-c2ccccc2)c1. The lowest BCUT2D eigenvalue weighted by Gasteiger charge is -2.42. The second kappa shape index (κ2) is 13.6. The van der Waals surface area contributed by atoms with Crippen molar-refractivity contribution in [3.8, 4) is 22.3 Å². The molecule has 0 saturated carbocycles. The van der Waals surface area contributed by atoms with E-state index < -0.39 is 0 Å². The largest absolute Gasteiger partial charge is 0.456 e. The van der Waals surface area contributed by atoms with E-state index in [1.807, 2.05) is 0 Å². The summed E-state index contributed by atoms with van der Waals surface area (Å²) in [5.41, 5.74) is 20.8. The van der Waals surface area contributed by atoms with Crippen LogP contribution in [0.1, 0.15) is 26.3 Å². The number of fused-ring (bicyclic) bond motifs is 12. The summed E-state index contributed by atoms with van der Waals surface area (Å²) in [4.78, 5) is 4.94. The molecule has 12 aromatic rings. The lowest BCUT2D eigenvalue weighted by molar-refractivity contribution is 0.590. The third-order valence-electron chi connectivity index (χ3n) is 14.1. The molecule has 0 fully saturated rings. The summed E-state index contributed by atoms with van der Waals surface area (Å²) in [6.45, 7) is 6.69. The van der Waals surface area contributed by atoms with Crippen molar-refractivity contribution in [2.45, 2.75) is 26.2 Å². The Morgan fingerprint density at radius 3 is 1.82 bits per heavy atom. The molecule has 0 radical (unpaired) electrons. The van der Waals surface area contributed by atoms with E-state index in [1.165, 1.54) is 38.7 Å². The highest BCUT2D eigenvalue weighted by Crippen LogP contribution is 2.52. The Morgan fingerprint density at radius 2 is 1.09 bits per heavy atom. The van der Waals surface area contributed by atoms with Crippen LogP contribution in [-0.2, 0) is 5.41 Å². The van der Waals surface area contributed by atoms with E-state index in [9.17, 15) is 0 Å². The van der Waals surface area contributed by atoms with Crippen LogP contribution in [0.5, 0.6) is 0 Å². The molecule has 0 atom stereocenters. The van der Waals surface area contributed by atoms with Crippen molar-refractivity contribution in [2.75, 3.05) is 9.80 Å². The second-order valence-corrected chi connectivity index (χ2v) is 18.9. The van der Waals surface area contributed by atoms with Crippen molar-refractivity contribution < 1.29 is 8.83 Å². The highest BCUT2D eigenvalue weighted by Gasteiger charge is 2.45. The Balaban J connectivity index is 1.18. The van der Waals surface area contributed by atoms with Crippen LogP contribution >= 0.6 is 0 Å². The van der Waals surface area contributed by atoms with Gasteiger partial charge in [-0.15, -0.1) is 0 Å². The molecule has 14 rings (SSSR count). The number of rotatable bonds is 5. The smallest absolute Gasteiger partial charge is 0.333 e. The molecule has 0 aliphatic carbocycles. The average Bonchev–Trinajstić information content (AvgIpc) is 4.02. The van der Waals surface area contributed by atoms with Crippen molar-refractivity contribution >= 4 is 107 Å². The Bertz CT molecular complexity index is 3900. The van der Waals surface area contributed by atoms with Crippen LogP contribution in [-0.4, -0.2) is 11.3 Å². The van der Waals surface area contributed by atoms with Gasteiger partial charge in [0.05, 0.1) is 11.2 Å². The molecule has 9 aromatic carbocycles. The minimum Gasteiger partial charge on any atom is -0.456 e. The van der Waals surface area contributed by atoms with Gasteiger partial charge in [0, 0.05) is 72.7 Å². The van der Waals surface area contributed by atoms with Gasteiger partial charge in [0.2, 0.25) is 0 Å². The van der Waals surface area contributed by atoms with Gasteiger partial charge in [-0.05, 0) is 106 Å². The quantitative estimate of drug-likeness (QED) is 0.162. The van der Waals surface area contributed by atoms with E-state index >= 15 is 0 Å². The predicted molar refractivity (Wildman–Crippen MR) is 276 cm³/mol. The molecule has 312 valence electrons. The number of aromatic nitrogens is 1. The van der Waals surface area contributed by atoms with Crippen molar-refractivity contribution in [2.24, 2.45) is 0 Å². The van der Waals surface area contributed by atoms with Crippen LogP contribution in [0, 0.1) is 0 Å². The van der Waals surface area contributed by atoms with Crippen LogP contribution < -0.4 is 20.7 Å². The number of anilines is 6. The number of hydrogen-bond donors (Lipinski definition) is 0. The Kier molecular flexibility index (Phi) is 7.69. The first-order chi connectivity index (χ1) is 32.4. The fourth-order valence-corrected chi connectivity index (χ4v) is 11.1. The van der Waals surface area contributed by atoms with Gasteiger partial charge in [0.1, 0.15) is 16.7 Å². The molecule has 5 nitrogen and oxygen atoms in total. The predicted octanol–water partition coefficient (Wildman–Crippen LogP) is 15.3. The molecule has 0 bridgehead atoms. The van der Waals surface area contributed by atoms with E-state index in [-0.39, 0.29) is 12.3 Å². The van der Waals surface area contributed by atoms with Crippen molar-refractivity contribution in [3.63, 3.8) is 0 Å². The molecule has 0 spiro atoms. The minimum absolute atomic E-state index is 0.0689. The standard InChI is InChI=1S/C60H42BN3O2/c1-60(2,3)38-30-31-50(46(32-38)37-18-7-4-8-19-37)63-51-36-55-47(42-24-13-15-28-53(42)65-55)35-49(51)61-56-48(33-41(34-52(56)63)62(39-20-9-5-10-21-39)40-22-11-6-12-23-40)43-26-17-27-45-57(43)64(61)58-44-25-14-16-29-54(44)66-59(45)58/h4-36H,1-3H3. The van der Waals surface area contributed by atoms with Crippen molar-refractivity contribution in [1.29, 1.82) is 0 Å². The van der Waals surface area contributed by atoms with Gasteiger partial charge < -0.3 is 23.1 Å². The van der Waals surface area contributed by atoms with E-state index in [2.05, 4.69) is 235 Å². The molecule has 66 heavy (non-hydrogen) atoms. The first-order valence-corrected chi connectivity index (χ1v) is 22.9. The summed E-state index contributed by atoms with van der Waals surface area (Å²) in [5, 5.41) is 4.44. The van der Waals surface area contributed by atoms with Gasteiger partial charge in [-0.2, -0.15) is 0 Å². The zero-order valence-electron chi connectivity index (χ0n) is 36.8. The van der Waals surface area contributed by atoms with Gasteiger partial charge in [-0.1, -0.05) is 142 Å². The Hall–Kier alpha value is -8.22. The Morgan fingerprint density at radius 1 is 0.439 bits per heavy atom. The fourth-order valence-electron chi connectivity index (χ4n) is 11.1. The molecule has 0 saturated heterocycles. The highest BCUT2D eigenvalue weighted by molar-refractivity contribution is 6.90. The van der Waals surface area contributed by atoms with E-state index in [0.717, 1.165) is 89.1 Å². The average molecular weight is 848 g/mol. The summed E-state index contributed by atoms with van der Waals surface area (Å²) < 4.78 is 16.3. The minimum atomic E-state index is -0.208. The number of nitrogens with zero attached hydrogens (tertiary/aromatic N) is 3. The zero-order chi connectivity index (χ0) is 43.8. The van der Waals surface area contributed by atoms with Gasteiger partial charge in [-0.3, -0.25) is 0 Å². The molecule has 6 heteroatoms. The first kappa shape index (κ1) is 37.2. The van der Waals surface area contributed by atoms with Gasteiger partial charge in [-0.25, -0.2) is 0 Å². The lowest BCUT2D eigenvalue weighted by Crippen LogP contribution is -2.56. The van der Waals surface area contributed by atoms with E-state index in [0.29, 0.717) is 0 Å². The van der Waals surface area contributed by atoms with E-state index in [4.69, 9.17) is 8.83 Å². The van der Waals surface area contributed by atoms with Gasteiger partial charge >= 0.3 is 6.85 Å². The maximum absolute atomic E-state index is 6.89. The fraction of sp³-hybridized carbons (Fsp3) is 0.0667. The lowest BCUT2D eigenvalue weighted by atomic mass is 9.45. The van der Waals surface area contributed by atoms with Crippen LogP contribution in [0.15, 0.2) is 209 Å². The van der Waals surface area contributed by atoms with E-state index in [1.54, 1.807) is 0 Å². The van der Waals surface area contributed by atoms with Crippen LogP contribution in [0.3, 0.4) is 0 Å². The summed E-state index contributed by atoms with van der Waals surface area (Å²) in [5.74, 6) is 0. The molecule has 0 N–H and O–H groups in total. The molecule has 2 aliphatic heterocycles. The molecular weight excluding hydrogens is 805 g/mol. The maximum atomic E-state index is 6.89. The van der Waals surface area contributed by atoms with Crippen molar-refractivity contribution in [1.82, 2.24) is 4.48 Å².